The van der Waals surface area contributed by atoms with Gasteiger partial charge in [-0.3, -0.25) is 9.59 Å². The van der Waals surface area contributed by atoms with Crippen LogP contribution >= 0.6 is 0 Å². The zero-order valence-corrected chi connectivity index (χ0v) is 23.0. The third-order valence-corrected chi connectivity index (χ3v) is 4.88. The lowest BCUT2D eigenvalue weighted by Crippen LogP contribution is -2.48. The molecular formula is C29H47N3O5. The fourth-order valence-corrected chi connectivity index (χ4v) is 3.10. The summed E-state index contributed by atoms with van der Waals surface area (Å²) >= 11 is 0. The first-order valence-electron chi connectivity index (χ1n) is 12.5. The van der Waals surface area contributed by atoms with Gasteiger partial charge in [0.2, 0.25) is 11.8 Å². The first-order chi connectivity index (χ1) is 17.6. The maximum Gasteiger partial charge on any atom is 0.408 e. The number of carbonyl (C=O) groups is 3. The number of hydrogen-bond donors (Lipinski definition) is 3. The summed E-state index contributed by atoms with van der Waals surface area (Å²) in [7, 11) is 1.57. The van der Waals surface area contributed by atoms with Crippen LogP contribution in [0.2, 0.25) is 0 Å². The Labute approximate surface area is 225 Å². The molecule has 0 radical (unpaired) electrons. The van der Waals surface area contributed by atoms with Crippen LogP contribution in [0.5, 0.6) is 5.75 Å². The van der Waals surface area contributed by atoms with Gasteiger partial charge in [0.15, 0.2) is 0 Å². The molecule has 2 atom stereocenters. The van der Waals surface area contributed by atoms with E-state index in [4.69, 9.17) is 9.47 Å². The summed E-state index contributed by atoms with van der Waals surface area (Å²) in [6.45, 7) is 10.8. The molecule has 3 amide bonds. The molecule has 0 saturated heterocycles. The molecule has 0 spiro atoms. The van der Waals surface area contributed by atoms with Crippen LogP contribution in [-0.4, -0.2) is 42.7 Å². The van der Waals surface area contributed by atoms with Crippen molar-refractivity contribution in [1.29, 1.82) is 0 Å². The number of rotatable bonds is 10. The Bertz CT molecular complexity index is 1010. The number of nitrogens with one attached hydrogen (secondary N) is 3. The summed E-state index contributed by atoms with van der Waals surface area (Å²) in [6, 6.07) is 15.6. The Kier molecular flexibility index (Phi) is 13.5. The SMILES string of the molecule is CC.COc1ccc(NC(=O)/C=C/[C@H](CCc2ccccc2)NC(=O)[C@H](C)NC(=O)OC(C)(C)C)cc1.[HH].[HH].[HH]. The molecule has 2 aromatic rings. The van der Waals surface area contributed by atoms with Gasteiger partial charge in [0.1, 0.15) is 17.4 Å². The zero-order valence-electron chi connectivity index (χ0n) is 23.0. The second kappa shape index (κ2) is 16.0. The van der Waals surface area contributed by atoms with Crippen LogP contribution < -0.4 is 20.7 Å². The van der Waals surface area contributed by atoms with E-state index in [1.165, 1.54) is 6.08 Å². The number of alkyl carbamates (subject to hydrolysis) is 1. The van der Waals surface area contributed by atoms with E-state index in [-0.39, 0.29) is 16.1 Å². The van der Waals surface area contributed by atoms with Crippen molar-refractivity contribution in [1.82, 2.24) is 10.6 Å². The van der Waals surface area contributed by atoms with Gasteiger partial charge in [-0.25, -0.2) is 4.79 Å². The molecule has 0 aliphatic carbocycles. The second-order valence-electron chi connectivity index (χ2n) is 9.08. The molecule has 0 saturated carbocycles. The van der Waals surface area contributed by atoms with E-state index < -0.39 is 23.8 Å². The first-order valence-corrected chi connectivity index (χ1v) is 12.5. The van der Waals surface area contributed by atoms with E-state index in [1.807, 2.05) is 44.2 Å². The van der Waals surface area contributed by atoms with E-state index >= 15 is 0 Å². The maximum atomic E-state index is 12.7. The molecule has 2 aromatic carbocycles. The molecule has 0 bridgehead atoms. The number of amides is 3. The van der Waals surface area contributed by atoms with E-state index in [9.17, 15) is 14.4 Å². The topological polar surface area (TPSA) is 106 Å². The van der Waals surface area contributed by atoms with Crippen molar-refractivity contribution in [3.8, 4) is 5.75 Å². The van der Waals surface area contributed by atoms with Gasteiger partial charge in [0, 0.05) is 22.1 Å². The number of methoxy groups -OCH3 is 1. The van der Waals surface area contributed by atoms with Gasteiger partial charge in [0.05, 0.1) is 7.11 Å². The Morgan fingerprint density at radius 1 is 0.973 bits per heavy atom. The van der Waals surface area contributed by atoms with Gasteiger partial charge in [-0.2, -0.15) is 0 Å². The summed E-state index contributed by atoms with van der Waals surface area (Å²) in [5, 5.41) is 8.21. The van der Waals surface area contributed by atoms with Gasteiger partial charge in [-0.15, -0.1) is 0 Å². The third kappa shape index (κ3) is 13.2. The highest BCUT2D eigenvalue weighted by molar-refractivity contribution is 5.99. The van der Waals surface area contributed by atoms with Crippen molar-refractivity contribution in [3.05, 3.63) is 72.3 Å². The normalized spacial score (nSPS) is 12.4. The van der Waals surface area contributed by atoms with Crippen LogP contribution in [0.25, 0.3) is 0 Å². The summed E-state index contributed by atoms with van der Waals surface area (Å²) in [4.78, 5) is 37.2. The van der Waals surface area contributed by atoms with Gasteiger partial charge < -0.3 is 25.4 Å². The molecule has 0 fully saturated rings. The highest BCUT2D eigenvalue weighted by Gasteiger charge is 2.22. The molecule has 0 aliphatic rings. The molecule has 37 heavy (non-hydrogen) atoms. The average molecular weight is 518 g/mol. The smallest absolute Gasteiger partial charge is 0.408 e. The number of carbonyl (C=O) groups excluding carboxylic acids is 3. The fourth-order valence-electron chi connectivity index (χ4n) is 3.10. The van der Waals surface area contributed by atoms with Crippen LogP contribution in [0.3, 0.4) is 0 Å². The lowest BCUT2D eigenvalue weighted by Gasteiger charge is -2.23. The second-order valence-corrected chi connectivity index (χ2v) is 9.08. The predicted octanol–water partition coefficient (Wildman–Crippen LogP) is 5.98. The van der Waals surface area contributed by atoms with Crippen LogP contribution in [0, 0.1) is 0 Å². The number of ether oxygens (including phenoxy) is 2. The quantitative estimate of drug-likeness (QED) is 0.336. The Morgan fingerprint density at radius 3 is 2.16 bits per heavy atom. The molecular weight excluding hydrogens is 470 g/mol. The van der Waals surface area contributed by atoms with Crippen molar-refractivity contribution in [2.75, 3.05) is 12.4 Å². The van der Waals surface area contributed by atoms with Crippen LogP contribution in [0.1, 0.15) is 57.8 Å². The minimum Gasteiger partial charge on any atom is -0.497 e. The van der Waals surface area contributed by atoms with Crippen molar-refractivity contribution in [2.45, 2.75) is 72.1 Å². The predicted molar refractivity (Wildman–Crippen MR) is 154 cm³/mol. The monoisotopic (exact) mass is 517 g/mol. The molecule has 3 N–H and O–H groups in total. The van der Waals surface area contributed by atoms with Crippen molar-refractivity contribution in [3.63, 3.8) is 0 Å². The number of hydrogen-bond acceptors (Lipinski definition) is 5. The summed E-state index contributed by atoms with van der Waals surface area (Å²) in [5.41, 5.74) is 1.07. The molecule has 2 rings (SSSR count). The lowest BCUT2D eigenvalue weighted by molar-refractivity contribution is -0.123. The van der Waals surface area contributed by atoms with E-state index in [0.29, 0.717) is 24.3 Å². The molecule has 0 heterocycles. The van der Waals surface area contributed by atoms with Gasteiger partial charge in [-0.05, 0) is 70.4 Å². The van der Waals surface area contributed by atoms with Gasteiger partial charge in [-0.1, -0.05) is 50.3 Å². The van der Waals surface area contributed by atoms with Crippen molar-refractivity contribution < 1.29 is 28.1 Å². The Balaban J connectivity index is -0.00000267. The number of benzene rings is 2. The van der Waals surface area contributed by atoms with Gasteiger partial charge in [0.25, 0.3) is 0 Å². The fraction of sp³-hybridized carbons (Fsp3) is 0.414. The Hall–Kier alpha value is -3.81. The molecule has 208 valence electrons. The lowest BCUT2D eigenvalue weighted by atomic mass is 10.0. The molecule has 0 aliphatic heterocycles. The summed E-state index contributed by atoms with van der Waals surface area (Å²) < 4.78 is 10.3. The summed E-state index contributed by atoms with van der Waals surface area (Å²) in [5.74, 6) is -0.0143. The largest absolute Gasteiger partial charge is 0.497 e. The van der Waals surface area contributed by atoms with Gasteiger partial charge >= 0.3 is 6.09 Å². The highest BCUT2D eigenvalue weighted by atomic mass is 16.6. The first kappa shape index (κ1) is 31.2. The molecule has 8 nitrogen and oxygen atoms in total. The Morgan fingerprint density at radius 2 is 1.59 bits per heavy atom. The summed E-state index contributed by atoms with van der Waals surface area (Å²) in [6.07, 6.45) is 3.65. The van der Waals surface area contributed by atoms with Crippen LogP contribution in [0.4, 0.5) is 10.5 Å². The van der Waals surface area contributed by atoms with Crippen LogP contribution in [-0.2, 0) is 20.7 Å². The standard InChI is InChI=1S/C27H35N3O5.C2H6.3H2/c1-19(28-26(33)35-27(2,3)4)25(32)30-22(12-11-20-9-7-6-8-10-20)15-18-24(31)29-21-13-16-23(34-5)17-14-21;1-2;;;/h6-10,13-19,22H,11-12H2,1-5H3,(H,28,33)(H,29,31)(H,30,32);1-2H3;3*1H/b18-15+;;;;/t19-,22-;;;;/m0..../s1. The third-order valence-electron chi connectivity index (χ3n) is 4.88. The average Bonchev–Trinajstić information content (AvgIpc) is 2.86. The number of anilines is 1. The minimum absolute atomic E-state index is 0. The highest BCUT2D eigenvalue weighted by Crippen LogP contribution is 2.15. The van der Waals surface area contributed by atoms with Crippen molar-refractivity contribution >= 4 is 23.6 Å². The minimum atomic E-state index is -0.814. The van der Waals surface area contributed by atoms with Crippen LogP contribution in [0.15, 0.2) is 66.7 Å². The number of aryl methyl sites for hydroxylation is 1. The molecule has 0 unspecified atom stereocenters. The van der Waals surface area contributed by atoms with E-state index in [2.05, 4.69) is 16.0 Å². The molecule has 8 heteroatoms. The molecule has 0 aromatic heterocycles. The van der Waals surface area contributed by atoms with E-state index in [0.717, 1.165) is 5.56 Å². The zero-order chi connectivity index (χ0) is 27.8. The van der Waals surface area contributed by atoms with E-state index in [1.54, 1.807) is 65.1 Å². The van der Waals surface area contributed by atoms with Crippen molar-refractivity contribution in [2.24, 2.45) is 0 Å². The maximum absolute atomic E-state index is 12.7.